The van der Waals surface area contributed by atoms with E-state index in [4.69, 9.17) is 0 Å². The van der Waals surface area contributed by atoms with Crippen LogP contribution in [0, 0.1) is 0 Å². The zero-order valence-corrected chi connectivity index (χ0v) is 23.4. The molecule has 1 nitrogen and oxygen atoms in total. The minimum atomic E-state index is 0.983. The summed E-state index contributed by atoms with van der Waals surface area (Å²) in [6.07, 6.45) is 32.6. The minimum Gasteiger partial charge on any atom is -0.200 e. The van der Waals surface area contributed by atoms with Gasteiger partial charge >= 0.3 is 0 Å². The fourth-order valence-electron chi connectivity index (χ4n) is 5.21. The van der Waals surface area contributed by atoms with Crippen molar-refractivity contribution in [1.29, 1.82) is 0 Å². The quantitative estimate of drug-likeness (QED) is 0.117. The van der Waals surface area contributed by atoms with Gasteiger partial charge in [-0.1, -0.05) is 147 Å². The van der Waals surface area contributed by atoms with Crippen molar-refractivity contribution in [2.24, 2.45) is 0 Å². The highest BCUT2D eigenvalue weighted by Crippen LogP contribution is 2.15. The van der Waals surface area contributed by atoms with Crippen LogP contribution in [0.1, 0.15) is 146 Å². The Bertz CT molecular complexity index is 695. The number of hydrogen-bond donors (Lipinski definition) is 0. The zero-order chi connectivity index (χ0) is 24.8. The Morgan fingerprint density at radius 1 is 0.457 bits per heavy atom. The smallest absolute Gasteiger partial charge is 0.173 e. The van der Waals surface area contributed by atoms with Gasteiger partial charge in [0.2, 0.25) is 0 Å². The Morgan fingerprint density at radius 2 is 0.857 bits per heavy atom. The summed E-state index contributed by atoms with van der Waals surface area (Å²) in [6, 6.07) is 13.4. The minimum absolute atomic E-state index is 0.983. The molecule has 0 fully saturated rings. The molecule has 1 aromatic carbocycles. The van der Waals surface area contributed by atoms with Crippen LogP contribution in [0.5, 0.6) is 0 Å². The molecule has 0 aliphatic carbocycles. The first-order valence-electron chi connectivity index (χ1n) is 15.4. The Hall–Kier alpha value is -1.63. The summed E-state index contributed by atoms with van der Waals surface area (Å²) in [6.45, 7) is 5.58. The third kappa shape index (κ3) is 15.2. The average molecular weight is 479 g/mol. The molecule has 1 heterocycles. The molecule has 2 aromatic rings. The van der Waals surface area contributed by atoms with E-state index in [-0.39, 0.29) is 0 Å². The van der Waals surface area contributed by atoms with E-state index < -0.39 is 0 Å². The van der Waals surface area contributed by atoms with Gasteiger partial charge in [0.25, 0.3) is 0 Å². The highest BCUT2D eigenvalue weighted by atomic mass is 14.9. The van der Waals surface area contributed by atoms with Crippen LogP contribution in [-0.2, 0) is 19.4 Å². The predicted molar refractivity (Wildman–Crippen MR) is 154 cm³/mol. The lowest BCUT2D eigenvalue weighted by Gasteiger charge is -2.07. The number of nitrogens with zero attached hydrogens (tertiary/aromatic N) is 1. The lowest BCUT2D eigenvalue weighted by molar-refractivity contribution is -0.689. The molecule has 0 aliphatic rings. The molecule has 196 valence electrons. The maximum atomic E-state index is 2.51. The lowest BCUT2D eigenvalue weighted by atomic mass is 10.0. The lowest BCUT2D eigenvalue weighted by Crippen LogP contribution is -2.35. The van der Waals surface area contributed by atoms with Gasteiger partial charge in [-0.05, 0) is 31.7 Å². The second-order valence-electron chi connectivity index (χ2n) is 10.9. The van der Waals surface area contributed by atoms with Gasteiger partial charge in [-0.2, -0.15) is 0 Å². The molecule has 0 bridgehead atoms. The molecule has 2 rings (SSSR count). The number of unbranched alkanes of at least 4 members (excludes halogenated alkanes) is 16. The van der Waals surface area contributed by atoms with E-state index in [0.717, 1.165) is 6.54 Å². The van der Waals surface area contributed by atoms with E-state index in [0.29, 0.717) is 0 Å². The molecule has 0 saturated carbocycles. The standard InChI is InChI=1S/C34H56N/c1-3-5-7-9-11-13-15-17-20-26-33-28-34(27-21-18-16-14-12-10-8-6-4-2)31-35(30-33)29-32-24-22-19-23-25-32/h19,22-25,28,30-31H,3-18,20-21,26-27,29H2,1-2H3/q+1. The van der Waals surface area contributed by atoms with Crippen LogP contribution in [0.3, 0.4) is 0 Å². The second kappa shape index (κ2) is 20.6. The van der Waals surface area contributed by atoms with Gasteiger partial charge in [0.1, 0.15) is 0 Å². The van der Waals surface area contributed by atoms with Crippen LogP contribution < -0.4 is 4.57 Å². The average Bonchev–Trinajstić information content (AvgIpc) is 2.87. The Kier molecular flexibility index (Phi) is 17.4. The fourth-order valence-corrected chi connectivity index (χ4v) is 5.21. The van der Waals surface area contributed by atoms with Crippen molar-refractivity contribution in [3.63, 3.8) is 0 Å². The number of benzene rings is 1. The van der Waals surface area contributed by atoms with Crippen molar-refractivity contribution >= 4 is 0 Å². The van der Waals surface area contributed by atoms with Gasteiger partial charge in [-0.25, -0.2) is 4.57 Å². The van der Waals surface area contributed by atoms with Crippen molar-refractivity contribution in [1.82, 2.24) is 0 Å². The van der Waals surface area contributed by atoms with E-state index in [9.17, 15) is 0 Å². The van der Waals surface area contributed by atoms with E-state index in [1.165, 1.54) is 145 Å². The normalized spacial score (nSPS) is 11.3. The van der Waals surface area contributed by atoms with Crippen LogP contribution in [0.2, 0.25) is 0 Å². The molecule has 0 radical (unpaired) electrons. The molecule has 0 spiro atoms. The molecule has 35 heavy (non-hydrogen) atoms. The summed E-state index contributed by atoms with van der Waals surface area (Å²) in [5.74, 6) is 0. The van der Waals surface area contributed by atoms with Crippen molar-refractivity contribution in [2.75, 3.05) is 0 Å². The number of aryl methyl sites for hydroxylation is 2. The van der Waals surface area contributed by atoms with Crippen LogP contribution in [0.15, 0.2) is 48.8 Å². The number of hydrogen-bond acceptors (Lipinski definition) is 0. The summed E-state index contributed by atoms with van der Waals surface area (Å²) < 4.78 is 2.45. The van der Waals surface area contributed by atoms with Gasteiger partial charge in [0.05, 0.1) is 0 Å². The van der Waals surface area contributed by atoms with Crippen LogP contribution in [0.4, 0.5) is 0 Å². The third-order valence-corrected chi connectivity index (χ3v) is 7.38. The largest absolute Gasteiger partial charge is 0.200 e. The highest BCUT2D eigenvalue weighted by molar-refractivity contribution is 5.17. The van der Waals surface area contributed by atoms with Gasteiger partial charge in [-0.3, -0.25) is 0 Å². The summed E-state index contributed by atoms with van der Waals surface area (Å²) in [5, 5.41) is 0. The van der Waals surface area contributed by atoms with Crippen LogP contribution >= 0.6 is 0 Å². The van der Waals surface area contributed by atoms with E-state index in [2.05, 4.69) is 67.2 Å². The summed E-state index contributed by atoms with van der Waals surface area (Å²) in [7, 11) is 0. The first kappa shape index (κ1) is 29.6. The molecule has 1 heteroatoms. The van der Waals surface area contributed by atoms with Crippen molar-refractivity contribution in [3.8, 4) is 0 Å². The SMILES string of the molecule is CCCCCCCCCCCc1cc(CCCCCCCCCCC)c[n+](Cc2ccccc2)c1. The Balaban J connectivity index is 1.76. The summed E-state index contributed by atoms with van der Waals surface area (Å²) in [5.41, 5.74) is 4.47. The van der Waals surface area contributed by atoms with Gasteiger partial charge in [-0.15, -0.1) is 0 Å². The first-order chi connectivity index (χ1) is 17.3. The molecule has 0 aliphatic heterocycles. The molecular formula is C34H56N+. The zero-order valence-electron chi connectivity index (χ0n) is 23.4. The molecule has 0 saturated heterocycles. The molecule has 1 aromatic heterocycles. The van der Waals surface area contributed by atoms with E-state index in [1.54, 1.807) is 0 Å². The second-order valence-corrected chi connectivity index (χ2v) is 10.9. The molecule has 0 atom stereocenters. The molecule has 0 N–H and O–H groups in total. The van der Waals surface area contributed by atoms with Crippen molar-refractivity contribution in [2.45, 2.75) is 149 Å². The maximum Gasteiger partial charge on any atom is 0.173 e. The van der Waals surface area contributed by atoms with Gasteiger partial charge in [0.15, 0.2) is 18.9 Å². The fraction of sp³-hybridized carbons (Fsp3) is 0.676. The number of aromatic nitrogens is 1. The topological polar surface area (TPSA) is 3.88 Å². The Morgan fingerprint density at radius 3 is 1.29 bits per heavy atom. The Labute approximate surface area is 218 Å². The third-order valence-electron chi connectivity index (χ3n) is 7.38. The monoisotopic (exact) mass is 478 g/mol. The summed E-state index contributed by atoms with van der Waals surface area (Å²) in [4.78, 5) is 0. The van der Waals surface area contributed by atoms with Crippen LogP contribution in [-0.4, -0.2) is 0 Å². The number of pyridine rings is 1. The van der Waals surface area contributed by atoms with Crippen molar-refractivity contribution in [3.05, 3.63) is 65.5 Å². The van der Waals surface area contributed by atoms with E-state index >= 15 is 0 Å². The number of rotatable bonds is 22. The highest BCUT2D eigenvalue weighted by Gasteiger charge is 2.09. The molecular weight excluding hydrogens is 422 g/mol. The van der Waals surface area contributed by atoms with Crippen LogP contribution in [0.25, 0.3) is 0 Å². The first-order valence-corrected chi connectivity index (χ1v) is 15.4. The van der Waals surface area contributed by atoms with Gasteiger partial charge in [0, 0.05) is 16.7 Å². The van der Waals surface area contributed by atoms with Gasteiger partial charge < -0.3 is 0 Å². The summed E-state index contributed by atoms with van der Waals surface area (Å²) >= 11 is 0. The predicted octanol–water partition coefficient (Wildman–Crippen LogP) is 10.2. The maximum absolute atomic E-state index is 2.51. The van der Waals surface area contributed by atoms with Crippen molar-refractivity contribution < 1.29 is 4.57 Å². The molecule has 0 amide bonds. The molecule has 0 unspecified atom stereocenters. The van der Waals surface area contributed by atoms with E-state index in [1.807, 2.05) is 0 Å².